The lowest BCUT2D eigenvalue weighted by atomic mass is 9.93. The van der Waals surface area contributed by atoms with E-state index in [1.165, 1.54) is 0 Å². The van der Waals surface area contributed by atoms with Gasteiger partial charge in [-0.15, -0.1) is 0 Å². The maximum absolute atomic E-state index is 11.8. The summed E-state index contributed by atoms with van der Waals surface area (Å²) in [7, 11) is 3.96. The van der Waals surface area contributed by atoms with Crippen LogP contribution in [0.2, 0.25) is 0 Å². The second kappa shape index (κ2) is 7.22. The van der Waals surface area contributed by atoms with Gasteiger partial charge in [-0.3, -0.25) is 9.59 Å². The van der Waals surface area contributed by atoms with E-state index in [9.17, 15) is 9.59 Å². The van der Waals surface area contributed by atoms with Crippen molar-refractivity contribution in [2.45, 2.75) is 20.8 Å². The minimum Gasteiger partial charge on any atom is -0.347 e. The van der Waals surface area contributed by atoms with E-state index in [1.54, 1.807) is 12.1 Å². The van der Waals surface area contributed by atoms with Crippen LogP contribution in [0.5, 0.6) is 0 Å². The van der Waals surface area contributed by atoms with Crippen LogP contribution in [0.15, 0.2) is 24.3 Å². The van der Waals surface area contributed by atoms with Crippen LogP contribution >= 0.6 is 0 Å². The fraction of sp³-hybridized carbons (Fsp3) is 0.500. The molecule has 0 aliphatic carbocycles. The molecule has 2 amide bonds. The van der Waals surface area contributed by atoms with Gasteiger partial charge < -0.3 is 15.5 Å². The van der Waals surface area contributed by atoms with Crippen molar-refractivity contribution in [1.82, 2.24) is 10.2 Å². The van der Waals surface area contributed by atoms with Crippen molar-refractivity contribution in [3.05, 3.63) is 29.8 Å². The van der Waals surface area contributed by atoms with Gasteiger partial charge in [-0.25, -0.2) is 0 Å². The molecule has 1 rings (SSSR count). The molecule has 0 aliphatic rings. The lowest BCUT2D eigenvalue weighted by molar-refractivity contribution is -0.136. The summed E-state index contributed by atoms with van der Waals surface area (Å²) in [5, 5.41) is 5.27. The molecule has 0 saturated heterocycles. The first-order valence-electron chi connectivity index (χ1n) is 7.00. The van der Waals surface area contributed by atoms with Gasteiger partial charge in [0, 0.05) is 18.8 Å². The number of benzene rings is 1. The Morgan fingerprint density at radius 3 is 2.19 bits per heavy atom. The average Bonchev–Trinajstić information content (AvgIpc) is 2.37. The predicted octanol–water partition coefficient (Wildman–Crippen LogP) is 1.64. The highest BCUT2D eigenvalue weighted by Gasteiger charge is 2.22. The molecular formula is C16H25N3O2. The molecule has 0 atom stereocenters. The standard InChI is InChI=1S/C16H25N3O2/c1-12-6-8-13(9-7-12)18-15(21)14(20)17-10-16(2,3)11-19(4)5/h6-9H,10-11H2,1-5H3,(H,17,20)(H,18,21). The molecule has 1 aromatic carbocycles. The number of carbonyl (C=O) groups excluding carboxylic acids is 2. The Balaban J connectivity index is 2.48. The molecule has 5 heteroatoms. The van der Waals surface area contributed by atoms with Crippen molar-refractivity contribution >= 4 is 17.5 Å². The zero-order chi connectivity index (χ0) is 16.0. The highest BCUT2D eigenvalue weighted by molar-refractivity contribution is 6.39. The molecule has 0 radical (unpaired) electrons. The summed E-state index contributed by atoms with van der Waals surface area (Å²) in [6.07, 6.45) is 0. The third-order valence-corrected chi connectivity index (χ3v) is 2.99. The van der Waals surface area contributed by atoms with Crippen molar-refractivity contribution in [1.29, 1.82) is 0 Å². The largest absolute Gasteiger partial charge is 0.347 e. The number of carbonyl (C=O) groups is 2. The van der Waals surface area contributed by atoms with Gasteiger partial charge in [-0.1, -0.05) is 31.5 Å². The molecule has 1 aromatic rings. The fourth-order valence-electron chi connectivity index (χ4n) is 2.14. The van der Waals surface area contributed by atoms with Crippen LogP contribution in [0, 0.1) is 12.3 Å². The number of amides is 2. The second-order valence-corrected chi connectivity index (χ2v) is 6.40. The van der Waals surface area contributed by atoms with Gasteiger partial charge in [0.15, 0.2) is 0 Å². The van der Waals surface area contributed by atoms with E-state index in [1.807, 2.05) is 47.0 Å². The molecule has 0 heterocycles. The Hall–Kier alpha value is -1.88. The average molecular weight is 291 g/mol. The number of anilines is 1. The summed E-state index contributed by atoms with van der Waals surface area (Å²) >= 11 is 0. The van der Waals surface area contributed by atoms with E-state index >= 15 is 0 Å². The topological polar surface area (TPSA) is 61.4 Å². The van der Waals surface area contributed by atoms with E-state index in [4.69, 9.17) is 0 Å². The quantitative estimate of drug-likeness (QED) is 0.811. The van der Waals surface area contributed by atoms with E-state index < -0.39 is 11.8 Å². The number of nitrogens with zero attached hydrogens (tertiary/aromatic N) is 1. The first-order chi connectivity index (χ1) is 9.69. The SMILES string of the molecule is Cc1ccc(NC(=O)C(=O)NCC(C)(C)CN(C)C)cc1. The Bertz CT molecular complexity index is 493. The number of nitrogens with one attached hydrogen (secondary N) is 2. The predicted molar refractivity (Wildman–Crippen MR) is 85.2 cm³/mol. The molecule has 0 bridgehead atoms. The smallest absolute Gasteiger partial charge is 0.313 e. The fourth-order valence-corrected chi connectivity index (χ4v) is 2.14. The molecular weight excluding hydrogens is 266 g/mol. The Morgan fingerprint density at radius 2 is 1.67 bits per heavy atom. The zero-order valence-corrected chi connectivity index (χ0v) is 13.5. The third kappa shape index (κ3) is 6.40. The van der Waals surface area contributed by atoms with Gasteiger partial charge in [0.25, 0.3) is 0 Å². The van der Waals surface area contributed by atoms with Crippen molar-refractivity contribution in [3.63, 3.8) is 0 Å². The van der Waals surface area contributed by atoms with Gasteiger partial charge in [0.05, 0.1) is 0 Å². The molecule has 0 saturated carbocycles. The van der Waals surface area contributed by atoms with Crippen LogP contribution in [0.3, 0.4) is 0 Å². The van der Waals surface area contributed by atoms with Crippen molar-refractivity contribution in [3.8, 4) is 0 Å². The number of hydrogen-bond acceptors (Lipinski definition) is 3. The van der Waals surface area contributed by atoms with Crippen LogP contribution in [-0.4, -0.2) is 43.9 Å². The highest BCUT2D eigenvalue weighted by atomic mass is 16.2. The lowest BCUT2D eigenvalue weighted by Gasteiger charge is -2.28. The van der Waals surface area contributed by atoms with Crippen LogP contribution in [0.4, 0.5) is 5.69 Å². The van der Waals surface area contributed by atoms with Gasteiger partial charge in [0.2, 0.25) is 0 Å². The summed E-state index contributed by atoms with van der Waals surface area (Å²) in [6, 6.07) is 7.31. The normalized spacial score (nSPS) is 11.3. The Kier molecular flexibility index (Phi) is 5.90. The maximum atomic E-state index is 11.8. The number of aryl methyl sites for hydroxylation is 1. The summed E-state index contributed by atoms with van der Waals surface area (Å²) in [5.41, 5.74) is 1.62. The molecule has 0 aliphatic heterocycles. The van der Waals surface area contributed by atoms with Crippen LogP contribution in [0.25, 0.3) is 0 Å². The number of rotatable bonds is 5. The van der Waals surface area contributed by atoms with Gasteiger partial charge in [0.1, 0.15) is 0 Å². The Labute approximate surface area is 126 Å². The van der Waals surface area contributed by atoms with E-state index in [0.29, 0.717) is 12.2 Å². The summed E-state index contributed by atoms with van der Waals surface area (Å²) in [6.45, 7) is 7.33. The van der Waals surface area contributed by atoms with Crippen LogP contribution in [0.1, 0.15) is 19.4 Å². The van der Waals surface area contributed by atoms with Crippen molar-refractivity contribution in [2.24, 2.45) is 5.41 Å². The monoisotopic (exact) mass is 291 g/mol. The molecule has 0 spiro atoms. The van der Waals surface area contributed by atoms with Crippen molar-refractivity contribution < 1.29 is 9.59 Å². The molecule has 2 N–H and O–H groups in total. The van der Waals surface area contributed by atoms with Crippen LogP contribution < -0.4 is 10.6 Å². The first kappa shape index (κ1) is 17.2. The first-order valence-corrected chi connectivity index (χ1v) is 7.00. The van der Waals surface area contributed by atoms with Crippen LogP contribution in [-0.2, 0) is 9.59 Å². The minimum atomic E-state index is -0.639. The highest BCUT2D eigenvalue weighted by Crippen LogP contribution is 2.14. The van der Waals surface area contributed by atoms with E-state index in [2.05, 4.69) is 15.5 Å². The Morgan fingerprint density at radius 1 is 1.10 bits per heavy atom. The number of hydrogen-bond donors (Lipinski definition) is 2. The van der Waals surface area contributed by atoms with Gasteiger partial charge >= 0.3 is 11.8 Å². The van der Waals surface area contributed by atoms with E-state index in [-0.39, 0.29) is 5.41 Å². The second-order valence-electron chi connectivity index (χ2n) is 6.40. The molecule has 116 valence electrons. The van der Waals surface area contributed by atoms with E-state index in [0.717, 1.165) is 12.1 Å². The van der Waals surface area contributed by atoms with Gasteiger partial charge in [-0.05, 0) is 38.6 Å². The minimum absolute atomic E-state index is 0.0939. The molecule has 0 fully saturated rings. The van der Waals surface area contributed by atoms with Gasteiger partial charge in [-0.2, -0.15) is 0 Å². The van der Waals surface area contributed by atoms with Crippen molar-refractivity contribution in [2.75, 3.05) is 32.5 Å². The summed E-state index contributed by atoms with van der Waals surface area (Å²) < 4.78 is 0. The molecule has 5 nitrogen and oxygen atoms in total. The zero-order valence-electron chi connectivity index (χ0n) is 13.5. The third-order valence-electron chi connectivity index (χ3n) is 2.99. The molecule has 21 heavy (non-hydrogen) atoms. The lowest BCUT2D eigenvalue weighted by Crippen LogP contribution is -2.43. The summed E-state index contributed by atoms with van der Waals surface area (Å²) in [5.74, 6) is -1.25. The maximum Gasteiger partial charge on any atom is 0.313 e. The molecule has 0 unspecified atom stereocenters. The summed E-state index contributed by atoms with van der Waals surface area (Å²) in [4.78, 5) is 25.7. The molecule has 0 aromatic heterocycles.